The first-order chi connectivity index (χ1) is 16.3. The number of aliphatic hydroxyl groups is 3. The van der Waals surface area contributed by atoms with Crippen LogP contribution in [0.15, 0.2) is 35.1 Å². The van der Waals surface area contributed by atoms with Crippen molar-refractivity contribution < 1.29 is 49.1 Å². The summed E-state index contributed by atoms with van der Waals surface area (Å²) in [5, 5.41) is 43.8. The summed E-state index contributed by atoms with van der Waals surface area (Å²) in [6.07, 6.45) is -1.75. The molecule has 0 aliphatic heterocycles. The van der Waals surface area contributed by atoms with Crippen molar-refractivity contribution >= 4 is 35.0 Å². The molecule has 12 heteroatoms. The lowest BCUT2D eigenvalue weighted by Gasteiger charge is -2.52. The third-order valence-electron chi connectivity index (χ3n) is 6.71. The maximum absolute atomic E-state index is 13.8. The van der Waals surface area contributed by atoms with Gasteiger partial charge in [-0.25, -0.2) is 0 Å². The first-order valence-corrected chi connectivity index (χ1v) is 10.4. The number of amides is 1. The van der Waals surface area contributed by atoms with Crippen LogP contribution in [0, 0.1) is 11.8 Å². The van der Waals surface area contributed by atoms with Crippen LogP contribution in [0.4, 0.5) is 0 Å². The summed E-state index contributed by atoms with van der Waals surface area (Å²) in [5.74, 6) is -12.0. The number of phenolic OH excluding ortho intramolecular Hbond substituents is 1. The van der Waals surface area contributed by atoms with Crippen molar-refractivity contribution in [2.45, 2.75) is 24.7 Å². The molecule has 4 rings (SSSR count). The van der Waals surface area contributed by atoms with Gasteiger partial charge in [-0.2, -0.15) is 0 Å². The molecule has 0 aromatic heterocycles. The Morgan fingerprint density at radius 1 is 1.09 bits per heavy atom. The van der Waals surface area contributed by atoms with Crippen LogP contribution in [-0.4, -0.2) is 86.4 Å². The van der Waals surface area contributed by atoms with Gasteiger partial charge in [-0.05, 0) is 20.2 Å². The molecule has 0 heterocycles. The number of nitrogens with two attached hydrogens (primary N) is 1. The average molecular weight is 486 g/mol. The molecule has 184 valence electrons. The molecule has 0 radical (unpaired) electrons. The smallest absolute Gasteiger partial charge is 0.302 e. The van der Waals surface area contributed by atoms with Gasteiger partial charge in [0.2, 0.25) is 5.78 Å². The largest absolute Gasteiger partial charge is 0.508 e. The summed E-state index contributed by atoms with van der Waals surface area (Å²) in [6, 6.07) is 2.21. The Morgan fingerprint density at radius 2 is 1.71 bits per heavy atom. The molecule has 0 bridgehead atoms. The number of likely N-dealkylation sites (N-methyl/N-ethyl adjacent to an activating group) is 1. The highest BCUT2D eigenvalue weighted by Gasteiger charge is 2.70. The van der Waals surface area contributed by atoms with Gasteiger partial charge in [-0.1, -0.05) is 12.1 Å². The number of hydrogen-bond acceptors (Lipinski definition) is 11. The lowest BCUT2D eigenvalue weighted by Crippen LogP contribution is -2.71. The molecule has 6 N–H and O–H groups in total. The van der Waals surface area contributed by atoms with E-state index in [1.165, 1.54) is 31.1 Å². The van der Waals surface area contributed by atoms with Gasteiger partial charge in [0.05, 0.1) is 29.0 Å². The van der Waals surface area contributed by atoms with Gasteiger partial charge in [0.25, 0.3) is 5.91 Å². The van der Waals surface area contributed by atoms with Crippen molar-refractivity contribution in [3.8, 4) is 5.75 Å². The molecule has 2 unspecified atom stereocenters. The fourth-order valence-corrected chi connectivity index (χ4v) is 5.36. The summed E-state index contributed by atoms with van der Waals surface area (Å²) < 4.78 is 5.37. The van der Waals surface area contributed by atoms with E-state index in [4.69, 9.17) is 10.5 Å². The molecule has 1 amide bonds. The normalized spacial score (nSPS) is 30.1. The topological polar surface area (TPSA) is 205 Å². The monoisotopic (exact) mass is 486 g/mol. The Balaban J connectivity index is 2.13. The molecule has 3 aliphatic carbocycles. The summed E-state index contributed by atoms with van der Waals surface area (Å²) in [4.78, 5) is 65.9. The van der Waals surface area contributed by atoms with Crippen LogP contribution in [0.1, 0.15) is 22.8 Å². The molecule has 5 atom stereocenters. The number of Topliss-reactive ketones (excluding diaryl/α,β-unsaturated/α-hetero) is 3. The summed E-state index contributed by atoms with van der Waals surface area (Å²) in [5.41, 5.74) is -0.199. The van der Waals surface area contributed by atoms with E-state index in [0.29, 0.717) is 0 Å². The van der Waals surface area contributed by atoms with E-state index in [9.17, 15) is 44.4 Å². The lowest BCUT2D eigenvalue weighted by molar-refractivity contribution is -0.180. The number of aliphatic hydroxyl groups excluding tert-OH is 2. The zero-order valence-corrected chi connectivity index (χ0v) is 18.8. The Morgan fingerprint density at radius 3 is 2.26 bits per heavy atom. The lowest BCUT2D eigenvalue weighted by atomic mass is 9.55. The number of esters is 1. The van der Waals surface area contributed by atoms with Gasteiger partial charge >= 0.3 is 5.97 Å². The predicted molar refractivity (Wildman–Crippen MR) is 116 cm³/mol. The number of hydrogen-bond donors (Lipinski definition) is 5. The molecule has 3 aliphatic rings. The van der Waals surface area contributed by atoms with Crippen molar-refractivity contribution in [3.63, 3.8) is 0 Å². The van der Waals surface area contributed by atoms with E-state index in [0.717, 1.165) is 13.0 Å². The molecule has 1 aromatic carbocycles. The van der Waals surface area contributed by atoms with Crippen LogP contribution in [0.2, 0.25) is 0 Å². The van der Waals surface area contributed by atoms with E-state index in [1.54, 1.807) is 0 Å². The second-order valence-electron chi connectivity index (χ2n) is 8.86. The standard InChI is InChI=1S/C23H22N2O10/c1-7(26)35-19-11-12(17(29)10-8(16(11)28)5-4-6-9(10)27)20(31)23(34)14(19)15(25(2)3)18(30)13(21(23)32)22(24)33/h4-6,11,14-15,19,27,29,32,34H,1-3H3,(H2,24,33)/t11?,14?,15-,19-,23-/m0/s1. The maximum Gasteiger partial charge on any atom is 0.302 e. The summed E-state index contributed by atoms with van der Waals surface area (Å²) >= 11 is 0. The second-order valence-corrected chi connectivity index (χ2v) is 8.86. The van der Waals surface area contributed by atoms with Crippen molar-refractivity contribution in [2.24, 2.45) is 17.6 Å². The molecule has 12 nitrogen and oxygen atoms in total. The number of ether oxygens (including phenoxy) is 1. The molecular weight excluding hydrogens is 464 g/mol. The number of carbonyl (C=O) groups excluding carboxylic acids is 5. The SMILES string of the molecule is CC(=O)O[C@H]1C2C(=O)c3cccc(O)c3C(O)=C2C(=O)[C@]2(O)C(O)=C(C(N)=O)C(=O)[C@@H](N(C)C)C12. The first-order valence-electron chi connectivity index (χ1n) is 10.4. The van der Waals surface area contributed by atoms with E-state index in [-0.39, 0.29) is 5.56 Å². The van der Waals surface area contributed by atoms with Crippen molar-refractivity contribution in [1.29, 1.82) is 0 Å². The highest BCUT2D eigenvalue weighted by Crippen LogP contribution is 2.53. The minimum Gasteiger partial charge on any atom is -0.508 e. The maximum atomic E-state index is 13.8. The Labute approximate surface area is 197 Å². The second kappa shape index (κ2) is 7.75. The van der Waals surface area contributed by atoms with E-state index in [2.05, 4.69) is 0 Å². The number of nitrogens with zero attached hydrogens (tertiary/aromatic N) is 1. The predicted octanol–water partition coefficient (Wildman–Crippen LogP) is -0.854. The first kappa shape index (κ1) is 24.1. The highest BCUT2D eigenvalue weighted by atomic mass is 16.5. The zero-order valence-electron chi connectivity index (χ0n) is 18.8. The van der Waals surface area contributed by atoms with E-state index >= 15 is 0 Å². The number of ketones is 3. The van der Waals surface area contributed by atoms with Gasteiger partial charge in [0, 0.05) is 12.5 Å². The number of aromatic hydroxyl groups is 1. The number of fused-ring (bicyclic) bond motifs is 3. The summed E-state index contributed by atoms with van der Waals surface area (Å²) in [6.45, 7) is 0.992. The fourth-order valence-electron chi connectivity index (χ4n) is 5.36. The Bertz CT molecular complexity index is 1290. The number of primary amides is 1. The summed E-state index contributed by atoms with van der Waals surface area (Å²) in [7, 11) is 2.75. The van der Waals surface area contributed by atoms with E-state index < -0.39 is 92.8 Å². The Hall–Kier alpha value is -4.03. The minimum atomic E-state index is -3.09. The van der Waals surface area contributed by atoms with Crippen LogP contribution in [-0.2, 0) is 23.9 Å². The van der Waals surface area contributed by atoms with Crippen LogP contribution in [0.25, 0.3) is 5.76 Å². The molecular formula is C23H22N2O10. The zero-order chi connectivity index (χ0) is 26.1. The molecule has 0 saturated heterocycles. The van der Waals surface area contributed by atoms with Gasteiger partial charge < -0.3 is 30.9 Å². The molecule has 0 spiro atoms. The van der Waals surface area contributed by atoms with Crippen LogP contribution in [0.5, 0.6) is 5.75 Å². The van der Waals surface area contributed by atoms with Crippen molar-refractivity contribution in [3.05, 3.63) is 46.2 Å². The number of rotatable bonds is 3. The molecule has 1 saturated carbocycles. The minimum absolute atomic E-state index is 0.187. The van der Waals surface area contributed by atoms with Crippen LogP contribution in [0.3, 0.4) is 0 Å². The highest BCUT2D eigenvalue weighted by molar-refractivity contribution is 6.26. The van der Waals surface area contributed by atoms with Gasteiger partial charge in [-0.3, -0.25) is 28.9 Å². The fraction of sp³-hybridized carbons (Fsp3) is 0.348. The van der Waals surface area contributed by atoms with Crippen molar-refractivity contribution in [2.75, 3.05) is 14.1 Å². The van der Waals surface area contributed by atoms with Gasteiger partial charge in [-0.15, -0.1) is 0 Å². The number of phenols is 1. The molecule has 1 aromatic rings. The van der Waals surface area contributed by atoms with Crippen molar-refractivity contribution in [1.82, 2.24) is 4.90 Å². The third-order valence-corrected chi connectivity index (χ3v) is 6.71. The number of benzene rings is 1. The quantitative estimate of drug-likeness (QED) is 0.263. The molecule has 1 fully saturated rings. The van der Waals surface area contributed by atoms with Gasteiger partial charge in [0.15, 0.2) is 17.2 Å². The van der Waals surface area contributed by atoms with Gasteiger partial charge in [0.1, 0.15) is 28.9 Å². The number of carbonyl (C=O) groups is 5. The van der Waals surface area contributed by atoms with Crippen LogP contribution < -0.4 is 5.73 Å². The van der Waals surface area contributed by atoms with E-state index in [1.807, 2.05) is 0 Å². The molecule has 35 heavy (non-hydrogen) atoms. The third kappa shape index (κ3) is 3.03. The Kier molecular flexibility index (Phi) is 5.34. The average Bonchev–Trinajstić information content (AvgIpc) is 2.75. The van der Waals surface area contributed by atoms with Crippen LogP contribution >= 0.6 is 0 Å².